The van der Waals surface area contributed by atoms with Gasteiger partial charge in [0.15, 0.2) is 9.84 Å². The maximum absolute atomic E-state index is 13.3. The van der Waals surface area contributed by atoms with E-state index in [-0.39, 0.29) is 5.56 Å². The second-order valence-corrected chi connectivity index (χ2v) is 5.35. The zero-order valence-corrected chi connectivity index (χ0v) is 9.11. The zero-order chi connectivity index (χ0) is 11.8. The average Bonchev–Trinajstić information content (AvgIpc) is 2.06. The molecule has 84 valence electrons. The van der Waals surface area contributed by atoms with Gasteiger partial charge in [0, 0.05) is 17.9 Å². The van der Waals surface area contributed by atoms with Crippen molar-refractivity contribution in [2.45, 2.75) is 17.9 Å². The van der Waals surface area contributed by atoms with Gasteiger partial charge >= 0.3 is 0 Å². The topological polar surface area (TPSA) is 60.2 Å². The molecule has 0 radical (unpaired) electrons. The summed E-state index contributed by atoms with van der Waals surface area (Å²) in [6, 6.07) is 0.785. The molecule has 1 aromatic carbocycles. The number of nitrogens with two attached hydrogens (primary N) is 1. The molecule has 6 heteroatoms. The second kappa shape index (κ2) is 3.86. The molecule has 1 unspecified atom stereocenters. The summed E-state index contributed by atoms with van der Waals surface area (Å²) in [6.45, 7) is 1.48. The first-order valence-corrected chi connectivity index (χ1v) is 6.07. The van der Waals surface area contributed by atoms with Crippen LogP contribution in [0.3, 0.4) is 0 Å². The van der Waals surface area contributed by atoms with Crippen molar-refractivity contribution < 1.29 is 17.2 Å². The Morgan fingerprint density at radius 3 is 2.20 bits per heavy atom. The van der Waals surface area contributed by atoms with E-state index in [1.54, 1.807) is 0 Å². The number of rotatable bonds is 2. The third kappa shape index (κ3) is 2.51. The van der Waals surface area contributed by atoms with E-state index in [1.165, 1.54) is 6.92 Å². The van der Waals surface area contributed by atoms with Crippen molar-refractivity contribution in [2.24, 2.45) is 5.73 Å². The van der Waals surface area contributed by atoms with Crippen LogP contribution >= 0.6 is 0 Å². The maximum atomic E-state index is 13.3. The Hall–Kier alpha value is -1.01. The highest BCUT2D eigenvalue weighted by atomic mass is 32.2. The molecule has 2 N–H and O–H groups in total. The molecule has 0 spiro atoms. The monoisotopic (exact) mass is 235 g/mol. The van der Waals surface area contributed by atoms with Crippen LogP contribution < -0.4 is 5.73 Å². The van der Waals surface area contributed by atoms with Crippen molar-refractivity contribution in [1.82, 2.24) is 0 Å². The summed E-state index contributed by atoms with van der Waals surface area (Å²) in [4.78, 5) is -0.649. The Balaban J connectivity index is 3.46. The highest BCUT2D eigenvalue weighted by molar-refractivity contribution is 7.90. The zero-order valence-electron chi connectivity index (χ0n) is 8.29. The Kier molecular flexibility index (Phi) is 3.11. The lowest BCUT2D eigenvalue weighted by Crippen LogP contribution is -2.10. The molecule has 0 bridgehead atoms. The minimum Gasteiger partial charge on any atom is -0.324 e. The van der Waals surface area contributed by atoms with Crippen LogP contribution in [0.4, 0.5) is 8.78 Å². The first-order chi connectivity index (χ1) is 6.73. The summed E-state index contributed by atoms with van der Waals surface area (Å²) in [5.74, 6) is -1.79. The van der Waals surface area contributed by atoms with Crippen LogP contribution in [0.25, 0.3) is 0 Å². The fourth-order valence-corrected chi connectivity index (χ4v) is 1.91. The lowest BCUT2D eigenvalue weighted by atomic mass is 10.1. The van der Waals surface area contributed by atoms with E-state index < -0.39 is 32.4 Å². The van der Waals surface area contributed by atoms with E-state index in [0.717, 1.165) is 12.3 Å². The van der Waals surface area contributed by atoms with Gasteiger partial charge in [-0.15, -0.1) is 0 Å². The SMILES string of the molecule is CC(N)c1cc(F)c(S(C)(=O)=O)cc1F. The molecule has 0 saturated heterocycles. The first-order valence-electron chi connectivity index (χ1n) is 4.18. The highest BCUT2D eigenvalue weighted by Crippen LogP contribution is 2.22. The van der Waals surface area contributed by atoms with Crippen LogP contribution in [0.2, 0.25) is 0 Å². The first kappa shape index (κ1) is 12.1. The molecule has 0 heterocycles. The Morgan fingerprint density at radius 1 is 1.27 bits per heavy atom. The third-order valence-electron chi connectivity index (χ3n) is 1.94. The molecule has 0 amide bonds. The molecule has 15 heavy (non-hydrogen) atoms. The van der Waals surface area contributed by atoms with E-state index >= 15 is 0 Å². The Bertz CT molecular complexity index is 483. The number of halogens is 2. The van der Waals surface area contributed by atoms with Crippen molar-refractivity contribution >= 4 is 9.84 Å². The minimum atomic E-state index is -3.75. The summed E-state index contributed by atoms with van der Waals surface area (Å²) in [6.07, 6.45) is 0.816. The third-order valence-corrected chi connectivity index (χ3v) is 3.05. The predicted octanol–water partition coefficient (Wildman–Crippen LogP) is 1.39. The summed E-state index contributed by atoms with van der Waals surface area (Å²) >= 11 is 0. The maximum Gasteiger partial charge on any atom is 0.178 e. The summed E-state index contributed by atoms with van der Waals surface area (Å²) in [5.41, 5.74) is 5.34. The number of hydrogen-bond donors (Lipinski definition) is 1. The molecule has 0 aromatic heterocycles. The summed E-state index contributed by atoms with van der Waals surface area (Å²) in [7, 11) is -3.75. The smallest absolute Gasteiger partial charge is 0.178 e. The van der Waals surface area contributed by atoms with E-state index in [4.69, 9.17) is 5.73 Å². The van der Waals surface area contributed by atoms with Crippen molar-refractivity contribution in [2.75, 3.05) is 6.26 Å². The molecule has 0 aliphatic carbocycles. The summed E-state index contributed by atoms with van der Waals surface area (Å²) < 4.78 is 48.7. The van der Waals surface area contributed by atoms with Crippen LogP contribution in [0.5, 0.6) is 0 Å². The molecule has 1 atom stereocenters. The molecule has 1 rings (SSSR count). The number of hydrogen-bond acceptors (Lipinski definition) is 3. The molecule has 0 aliphatic heterocycles. The van der Waals surface area contributed by atoms with Crippen molar-refractivity contribution in [1.29, 1.82) is 0 Å². The molecule has 3 nitrogen and oxygen atoms in total. The van der Waals surface area contributed by atoms with Crippen LogP contribution in [-0.2, 0) is 9.84 Å². The van der Waals surface area contributed by atoms with Crippen molar-refractivity contribution in [3.63, 3.8) is 0 Å². The van der Waals surface area contributed by atoms with Crippen LogP contribution in [0, 0.1) is 11.6 Å². The van der Waals surface area contributed by atoms with Crippen LogP contribution in [-0.4, -0.2) is 14.7 Å². The fraction of sp³-hybridized carbons (Fsp3) is 0.333. The molecular weight excluding hydrogens is 224 g/mol. The van der Waals surface area contributed by atoms with Crippen molar-refractivity contribution in [3.05, 3.63) is 29.3 Å². The van der Waals surface area contributed by atoms with E-state index in [2.05, 4.69) is 0 Å². The molecule has 1 aromatic rings. The van der Waals surface area contributed by atoms with Gasteiger partial charge in [0.25, 0.3) is 0 Å². The lowest BCUT2D eigenvalue weighted by Gasteiger charge is -2.09. The van der Waals surface area contributed by atoms with Gasteiger partial charge in [0.2, 0.25) is 0 Å². The molecule has 0 saturated carbocycles. The van der Waals surface area contributed by atoms with Gasteiger partial charge in [-0.25, -0.2) is 17.2 Å². The number of benzene rings is 1. The molecule has 0 fully saturated rings. The van der Waals surface area contributed by atoms with Gasteiger partial charge in [-0.3, -0.25) is 0 Å². The average molecular weight is 235 g/mol. The standard InChI is InChI=1S/C9H11F2NO2S/c1-5(12)6-3-8(11)9(4-7(6)10)15(2,13)14/h3-5H,12H2,1-2H3. The second-order valence-electron chi connectivity index (χ2n) is 3.36. The van der Waals surface area contributed by atoms with Crippen LogP contribution in [0.1, 0.15) is 18.5 Å². The molecular formula is C9H11F2NO2S. The van der Waals surface area contributed by atoms with E-state index in [1.807, 2.05) is 0 Å². The highest BCUT2D eigenvalue weighted by Gasteiger charge is 2.18. The fourth-order valence-electron chi connectivity index (χ4n) is 1.18. The molecule has 0 aliphatic rings. The predicted molar refractivity (Wildman–Crippen MR) is 52.1 cm³/mol. The Morgan fingerprint density at radius 2 is 1.80 bits per heavy atom. The van der Waals surface area contributed by atoms with Gasteiger partial charge in [-0.2, -0.15) is 0 Å². The lowest BCUT2D eigenvalue weighted by molar-refractivity contribution is 0.541. The van der Waals surface area contributed by atoms with Gasteiger partial charge in [0.05, 0.1) is 0 Å². The Labute approximate surface area is 86.8 Å². The van der Waals surface area contributed by atoms with E-state index in [0.29, 0.717) is 6.07 Å². The summed E-state index contributed by atoms with van der Waals surface area (Å²) in [5, 5.41) is 0. The van der Waals surface area contributed by atoms with Crippen LogP contribution in [0.15, 0.2) is 17.0 Å². The largest absolute Gasteiger partial charge is 0.324 e. The minimum absolute atomic E-state index is 0.0418. The van der Waals surface area contributed by atoms with Crippen molar-refractivity contribution in [3.8, 4) is 0 Å². The van der Waals surface area contributed by atoms with Gasteiger partial charge < -0.3 is 5.73 Å². The number of sulfone groups is 1. The van der Waals surface area contributed by atoms with Gasteiger partial charge in [0.1, 0.15) is 16.5 Å². The quantitative estimate of drug-likeness (QED) is 0.842. The van der Waals surface area contributed by atoms with E-state index in [9.17, 15) is 17.2 Å². The van der Waals surface area contributed by atoms with Gasteiger partial charge in [-0.05, 0) is 19.1 Å². The van der Waals surface area contributed by atoms with Gasteiger partial charge in [-0.1, -0.05) is 0 Å². The normalized spacial score (nSPS) is 13.9.